The Balaban J connectivity index is 2.46. The highest BCUT2D eigenvalue weighted by molar-refractivity contribution is 7.89. The van der Waals surface area contributed by atoms with Crippen molar-refractivity contribution in [2.24, 2.45) is 5.14 Å². The van der Waals surface area contributed by atoms with Gasteiger partial charge in [-0.3, -0.25) is 9.59 Å². The van der Waals surface area contributed by atoms with Crippen LogP contribution >= 0.6 is 0 Å². The monoisotopic (exact) mass is 249 g/mol. The quantitative estimate of drug-likeness (QED) is 0.601. The normalized spacial score (nSPS) is 21.2. The van der Waals surface area contributed by atoms with Crippen LogP contribution in [0.1, 0.15) is 13.3 Å². The van der Waals surface area contributed by atoms with Crippen LogP contribution < -0.4 is 10.5 Å². The molecular weight excluding hydrogens is 234 g/mol. The van der Waals surface area contributed by atoms with Crippen molar-refractivity contribution in [3.05, 3.63) is 0 Å². The minimum Gasteiger partial charge on any atom is -0.355 e. The summed E-state index contributed by atoms with van der Waals surface area (Å²) < 4.78 is 22.1. The van der Waals surface area contributed by atoms with Gasteiger partial charge in [0.15, 0.2) is 0 Å². The lowest BCUT2D eigenvalue weighted by molar-refractivity contribution is -0.128. The average Bonchev–Trinajstić information content (AvgIpc) is 2.46. The van der Waals surface area contributed by atoms with Crippen LogP contribution in [-0.2, 0) is 19.6 Å². The first kappa shape index (κ1) is 12.9. The van der Waals surface area contributed by atoms with E-state index in [1.165, 1.54) is 11.8 Å². The number of amides is 2. The topological polar surface area (TPSA) is 110 Å². The summed E-state index contributed by atoms with van der Waals surface area (Å²) in [5.74, 6) is -0.431. The Morgan fingerprint density at radius 2 is 2.25 bits per heavy atom. The molecule has 92 valence electrons. The van der Waals surface area contributed by atoms with E-state index in [1.54, 1.807) is 0 Å². The highest BCUT2D eigenvalue weighted by atomic mass is 32.2. The van der Waals surface area contributed by atoms with Crippen molar-refractivity contribution in [1.29, 1.82) is 0 Å². The predicted octanol–water partition coefficient (Wildman–Crippen LogP) is -1.99. The maximum absolute atomic E-state index is 11.4. The number of carbonyl (C=O) groups excluding carboxylic acids is 2. The molecule has 0 aromatic rings. The summed E-state index contributed by atoms with van der Waals surface area (Å²) in [4.78, 5) is 23.4. The van der Waals surface area contributed by atoms with Crippen molar-refractivity contribution in [3.8, 4) is 0 Å². The number of hydrogen-bond acceptors (Lipinski definition) is 4. The molecule has 0 spiro atoms. The van der Waals surface area contributed by atoms with E-state index in [2.05, 4.69) is 5.32 Å². The van der Waals surface area contributed by atoms with Gasteiger partial charge in [0.25, 0.3) is 0 Å². The molecule has 1 unspecified atom stereocenters. The highest BCUT2D eigenvalue weighted by Gasteiger charge is 2.35. The lowest BCUT2D eigenvalue weighted by Crippen LogP contribution is -2.36. The molecule has 0 aromatic heterocycles. The Kier molecular flexibility index (Phi) is 3.87. The Morgan fingerprint density at radius 1 is 1.62 bits per heavy atom. The number of primary sulfonamides is 1. The molecular formula is C8H15N3O4S. The van der Waals surface area contributed by atoms with Crippen molar-refractivity contribution in [2.45, 2.75) is 18.6 Å². The summed E-state index contributed by atoms with van der Waals surface area (Å²) in [5, 5.41) is 6.68. The SMILES string of the molecule is CC(=O)NCCN1CC(S(N)(=O)=O)CC1=O. The van der Waals surface area contributed by atoms with Gasteiger partial charge in [0.05, 0.1) is 0 Å². The number of nitrogens with one attached hydrogen (secondary N) is 1. The van der Waals surface area contributed by atoms with Crippen LogP contribution in [0.15, 0.2) is 0 Å². The second-order valence-electron chi connectivity index (χ2n) is 3.74. The standard InChI is InChI=1S/C8H15N3O4S/c1-6(12)10-2-3-11-5-7(4-8(11)13)16(9,14)15/h7H,2-5H2,1H3,(H,10,12)(H2,9,14,15). The summed E-state index contributed by atoms with van der Waals surface area (Å²) in [6.45, 7) is 2.11. The number of sulfonamides is 1. The zero-order chi connectivity index (χ0) is 12.3. The molecule has 1 rings (SSSR count). The zero-order valence-electron chi connectivity index (χ0n) is 8.97. The maximum atomic E-state index is 11.4. The van der Waals surface area contributed by atoms with Gasteiger partial charge >= 0.3 is 0 Å². The van der Waals surface area contributed by atoms with Gasteiger partial charge in [0.2, 0.25) is 21.8 Å². The van der Waals surface area contributed by atoms with Crippen LogP contribution in [0, 0.1) is 0 Å². The molecule has 0 bridgehead atoms. The Labute approximate surface area is 94.0 Å². The average molecular weight is 249 g/mol. The first-order valence-corrected chi connectivity index (χ1v) is 6.45. The lowest BCUT2D eigenvalue weighted by Gasteiger charge is -2.15. The Hall–Kier alpha value is -1.15. The summed E-state index contributed by atoms with van der Waals surface area (Å²) in [6.07, 6.45) is -0.0705. The third-order valence-corrected chi connectivity index (χ3v) is 3.64. The third kappa shape index (κ3) is 3.46. The van der Waals surface area contributed by atoms with Gasteiger partial charge in [-0.2, -0.15) is 0 Å². The number of hydrogen-bond donors (Lipinski definition) is 2. The van der Waals surface area contributed by atoms with E-state index in [0.29, 0.717) is 13.1 Å². The van der Waals surface area contributed by atoms with Gasteiger partial charge in [-0.05, 0) is 0 Å². The second kappa shape index (κ2) is 4.79. The molecule has 0 aromatic carbocycles. The molecule has 1 aliphatic heterocycles. The smallest absolute Gasteiger partial charge is 0.224 e. The Morgan fingerprint density at radius 3 is 2.69 bits per heavy atom. The molecule has 3 N–H and O–H groups in total. The number of carbonyl (C=O) groups is 2. The van der Waals surface area contributed by atoms with Gasteiger partial charge in [0, 0.05) is 33.0 Å². The number of likely N-dealkylation sites (tertiary alicyclic amines) is 1. The van der Waals surface area contributed by atoms with E-state index in [4.69, 9.17) is 5.14 Å². The molecule has 0 saturated carbocycles. The maximum Gasteiger partial charge on any atom is 0.224 e. The van der Waals surface area contributed by atoms with Crippen LogP contribution in [0.3, 0.4) is 0 Å². The minimum atomic E-state index is -3.66. The van der Waals surface area contributed by atoms with Gasteiger partial charge < -0.3 is 10.2 Å². The van der Waals surface area contributed by atoms with Gasteiger partial charge in [-0.25, -0.2) is 13.6 Å². The highest BCUT2D eigenvalue weighted by Crippen LogP contribution is 2.15. The molecule has 0 radical (unpaired) electrons. The molecule has 1 heterocycles. The first-order valence-electron chi connectivity index (χ1n) is 4.84. The largest absolute Gasteiger partial charge is 0.355 e. The van der Waals surface area contributed by atoms with E-state index in [9.17, 15) is 18.0 Å². The van der Waals surface area contributed by atoms with Gasteiger partial charge in [-0.15, -0.1) is 0 Å². The van der Waals surface area contributed by atoms with Crippen molar-refractivity contribution in [2.75, 3.05) is 19.6 Å². The molecule has 1 atom stereocenters. The van der Waals surface area contributed by atoms with Crippen molar-refractivity contribution in [3.63, 3.8) is 0 Å². The fraction of sp³-hybridized carbons (Fsp3) is 0.750. The van der Waals surface area contributed by atoms with E-state index >= 15 is 0 Å². The molecule has 1 aliphatic rings. The Bertz CT molecular complexity index is 392. The molecule has 7 nitrogen and oxygen atoms in total. The number of rotatable bonds is 4. The van der Waals surface area contributed by atoms with Gasteiger partial charge in [0.1, 0.15) is 5.25 Å². The summed E-state index contributed by atoms with van der Waals surface area (Å²) in [5.41, 5.74) is 0. The molecule has 0 aliphatic carbocycles. The van der Waals surface area contributed by atoms with E-state index in [0.717, 1.165) is 0 Å². The van der Waals surface area contributed by atoms with Crippen LogP contribution in [0.5, 0.6) is 0 Å². The molecule has 2 amide bonds. The zero-order valence-corrected chi connectivity index (χ0v) is 9.79. The second-order valence-corrected chi connectivity index (χ2v) is 5.58. The molecule has 1 fully saturated rings. The van der Waals surface area contributed by atoms with Crippen LogP contribution in [-0.4, -0.2) is 50.0 Å². The van der Waals surface area contributed by atoms with Gasteiger partial charge in [-0.1, -0.05) is 0 Å². The summed E-state index contributed by atoms with van der Waals surface area (Å²) in [7, 11) is -3.66. The molecule has 8 heteroatoms. The molecule has 16 heavy (non-hydrogen) atoms. The van der Waals surface area contributed by atoms with E-state index in [1.807, 2.05) is 0 Å². The fourth-order valence-electron chi connectivity index (χ4n) is 1.54. The third-order valence-electron chi connectivity index (χ3n) is 2.40. The van der Waals surface area contributed by atoms with Crippen LogP contribution in [0.4, 0.5) is 0 Å². The first-order chi connectivity index (χ1) is 7.30. The van der Waals surface area contributed by atoms with Crippen molar-refractivity contribution in [1.82, 2.24) is 10.2 Å². The summed E-state index contributed by atoms with van der Waals surface area (Å²) >= 11 is 0. The molecule has 1 saturated heterocycles. The van der Waals surface area contributed by atoms with E-state index in [-0.39, 0.29) is 24.8 Å². The number of nitrogens with zero attached hydrogens (tertiary/aromatic N) is 1. The van der Waals surface area contributed by atoms with Crippen molar-refractivity contribution < 1.29 is 18.0 Å². The lowest BCUT2D eigenvalue weighted by atomic mass is 10.4. The van der Waals surface area contributed by atoms with Crippen LogP contribution in [0.2, 0.25) is 0 Å². The minimum absolute atomic E-state index is 0.0705. The van der Waals surface area contributed by atoms with E-state index < -0.39 is 15.3 Å². The summed E-state index contributed by atoms with van der Waals surface area (Å²) in [6, 6.07) is 0. The van der Waals surface area contributed by atoms with Crippen LogP contribution in [0.25, 0.3) is 0 Å². The number of nitrogens with two attached hydrogens (primary N) is 1. The fourth-order valence-corrected chi connectivity index (χ4v) is 2.30. The predicted molar refractivity (Wildman–Crippen MR) is 56.8 cm³/mol. The van der Waals surface area contributed by atoms with Crippen molar-refractivity contribution >= 4 is 21.8 Å².